The Labute approximate surface area is 94.8 Å². The molecule has 2 atom stereocenters. The molecule has 2 fully saturated rings. The number of carbonyl (C=O) groups excluding carboxylic acids is 1. The van der Waals surface area contributed by atoms with Gasteiger partial charge in [0.15, 0.2) is 0 Å². The van der Waals surface area contributed by atoms with Crippen molar-refractivity contribution < 1.29 is 14.7 Å². The molecule has 0 aromatic heterocycles. The van der Waals surface area contributed by atoms with Gasteiger partial charge >= 0.3 is 5.97 Å². The normalized spacial score (nSPS) is 34.3. The van der Waals surface area contributed by atoms with E-state index < -0.39 is 11.4 Å². The second-order valence-corrected chi connectivity index (χ2v) is 5.02. The lowest BCUT2D eigenvalue weighted by molar-refractivity contribution is -0.147. The number of likely N-dealkylation sites (tertiary alicyclic amines) is 1. The molecule has 16 heavy (non-hydrogen) atoms. The number of nitrogens with one attached hydrogen (secondary N) is 1. The number of carbonyl (C=O) groups is 2. The predicted octanol–water partition coefficient (Wildman–Crippen LogP) is 0.0616. The van der Waals surface area contributed by atoms with Crippen LogP contribution in [0.2, 0.25) is 0 Å². The topological polar surface area (TPSA) is 69.6 Å². The van der Waals surface area contributed by atoms with E-state index in [2.05, 4.69) is 5.32 Å². The summed E-state index contributed by atoms with van der Waals surface area (Å²) in [5.41, 5.74) is -0.756. The number of aliphatic carboxylic acids is 1. The van der Waals surface area contributed by atoms with Crippen LogP contribution in [0, 0.1) is 5.41 Å². The average Bonchev–Trinajstić information content (AvgIpc) is 2.85. The van der Waals surface area contributed by atoms with E-state index in [0.29, 0.717) is 19.5 Å². The number of hydrogen-bond acceptors (Lipinski definition) is 3. The van der Waals surface area contributed by atoms with Gasteiger partial charge in [0, 0.05) is 13.1 Å². The monoisotopic (exact) mass is 226 g/mol. The molecule has 0 radical (unpaired) electrons. The predicted molar refractivity (Wildman–Crippen MR) is 58.0 cm³/mol. The zero-order valence-electron chi connectivity index (χ0n) is 9.53. The Morgan fingerprint density at radius 2 is 2.25 bits per heavy atom. The molecular formula is C11H18N2O3. The van der Waals surface area contributed by atoms with E-state index in [0.717, 1.165) is 19.4 Å². The second-order valence-electron chi connectivity index (χ2n) is 5.02. The molecule has 2 saturated heterocycles. The largest absolute Gasteiger partial charge is 0.481 e. The minimum Gasteiger partial charge on any atom is -0.481 e. The van der Waals surface area contributed by atoms with E-state index >= 15 is 0 Å². The molecular weight excluding hydrogens is 208 g/mol. The van der Waals surface area contributed by atoms with Crippen molar-refractivity contribution in [2.45, 2.75) is 32.2 Å². The molecule has 0 bridgehead atoms. The Bertz CT molecular complexity index is 312. The van der Waals surface area contributed by atoms with Gasteiger partial charge in [-0.25, -0.2) is 0 Å². The van der Waals surface area contributed by atoms with Gasteiger partial charge in [-0.05, 0) is 32.7 Å². The number of hydrogen-bond donors (Lipinski definition) is 2. The van der Waals surface area contributed by atoms with Crippen molar-refractivity contribution in [2.24, 2.45) is 5.41 Å². The summed E-state index contributed by atoms with van der Waals surface area (Å²) in [7, 11) is 0. The Balaban J connectivity index is 1.97. The number of nitrogens with zero attached hydrogens (tertiary/aromatic N) is 1. The van der Waals surface area contributed by atoms with Crippen LogP contribution in [0.1, 0.15) is 26.2 Å². The lowest BCUT2D eigenvalue weighted by Gasteiger charge is -2.22. The number of carboxylic acids is 1. The van der Waals surface area contributed by atoms with Crippen LogP contribution in [0.4, 0.5) is 0 Å². The standard InChI is InChI=1S/C11H18N2O3/c1-11(10(15)16)4-6-13(7-11)9(14)8-3-2-5-12-8/h8,12H,2-7H2,1H3,(H,15,16). The maximum Gasteiger partial charge on any atom is 0.311 e. The molecule has 0 aromatic carbocycles. The van der Waals surface area contributed by atoms with Gasteiger partial charge in [0.1, 0.15) is 0 Å². The first-order chi connectivity index (χ1) is 7.53. The van der Waals surface area contributed by atoms with Crippen LogP contribution in [0.5, 0.6) is 0 Å². The van der Waals surface area contributed by atoms with Gasteiger partial charge in [0.25, 0.3) is 0 Å². The van der Waals surface area contributed by atoms with Gasteiger partial charge in [0.05, 0.1) is 11.5 Å². The van der Waals surface area contributed by atoms with Gasteiger partial charge in [-0.15, -0.1) is 0 Å². The van der Waals surface area contributed by atoms with Crippen LogP contribution in [0.25, 0.3) is 0 Å². The Hall–Kier alpha value is -1.10. The van der Waals surface area contributed by atoms with Crippen molar-refractivity contribution >= 4 is 11.9 Å². The highest BCUT2D eigenvalue weighted by molar-refractivity contribution is 5.84. The van der Waals surface area contributed by atoms with Crippen molar-refractivity contribution in [3.8, 4) is 0 Å². The fraction of sp³-hybridized carbons (Fsp3) is 0.818. The third-order valence-electron chi connectivity index (χ3n) is 3.66. The van der Waals surface area contributed by atoms with E-state index in [4.69, 9.17) is 5.11 Å². The van der Waals surface area contributed by atoms with E-state index in [1.165, 1.54) is 0 Å². The second kappa shape index (κ2) is 4.05. The Morgan fingerprint density at radius 3 is 2.75 bits per heavy atom. The van der Waals surface area contributed by atoms with E-state index in [1.807, 2.05) is 0 Å². The molecule has 5 heteroatoms. The van der Waals surface area contributed by atoms with Gasteiger partial charge in [0.2, 0.25) is 5.91 Å². The van der Waals surface area contributed by atoms with Gasteiger partial charge < -0.3 is 15.3 Å². The summed E-state index contributed by atoms with van der Waals surface area (Å²) < 4.78 is 0. The maximum atomic E-state index is 12.0. The summed E-state index contributed by atoms with van der Waals surface area (Å²) in [5, 5.41) is 12.2. The first kappa shape index (κ1) is 11.4. The summed E-state index contributed by atoms with van der Waals surface area (Å²) >= 11 is 0. The lowest BCUT2D eigenvalue weighted by Crippen LogP contribution is -2.44. The summed E-state index contributed by atoms with van der Waals surface area (Å²) in [4.78, 5) is 24.8. The molecule has 90 valence electrons. The molecule has 2 heterocycles. The molecule has 2 rings (SSSR count). The maximum absolute atomic E-state index is 12.0. The number of carboxylic acid groups (broad SMARTS) is 1. The highest BCUT2D eigenvalue weighted by Crippen LogP contribution is 2.30. The fourth-order valence-corrected chi connectivity index (χ4v) is 2.44. The zero-order valence-corrected chi connectivity index (χ0v) is 9.53. The third-order valence-corrected chi connectivity index (χ3v) is 3.66. The molecule has 0 saturated carbocycles. The summed E-state index contributed by atoms with van der Waals surface area (Å²) in [6.07, 6.45) is 2.46. The fourth-order valence-electron chi connectivity index (χ4n) is 2.44. The SMILES string of the molecule is CC1(C(=O)O)CCN(C(=O)C2CCCN2)C1. The Morgan fingerprint density at radius 1 is 1.50 bits per heavy atom. The highest BCUT2D eigenvalue weighted by atomic mass is 16.4. The van der Waals surface area contributed by atoms with Crippen molar-refractivity contribution in [2.75, 3.05) is 19.6 Å². The van der Waals surface area contributed by atoms with E-state index in [1.54, 1.807) is 11.8 Å². The van der Waals surface area contributed by atoms with Crippen molar-refractivity contribution in [1.82, 2.24) is 10.2 Å². The van der Waals surface area contributed by atoms with Gasteiger partial charge in [-0.2, -0.15) is 0 Å². The zero-order chi connectivity index (χ0) is 11.8. The summed E-state index contributed by atoms with van der Waals surface area (Å²) in [6.45, 7) is 3.52. The van der Waals surface area contributed by atoms with Crippen LogP contribution < -0.4 is 5.32 Å². The molecule has 5 nitrogen and oxygen atoms in total. The minimum absolute atomic E-state index is 0.0717. The molecule has 2 aliphatic heterocycles. The van der Waals surface area contributed by atoms with Crippen LogP contribution in [0.15, 0.2) is 0 Å². The van der Waals surface area contributed by atoms with Crippen molar-refractivity contribution in [3.63, 3.8) is 0 Å². The first-order valence-corrected chi connectivity index (χ1v) is 5.78. The molecule has 2 N–H and O–H groups in total. The van der Waals surface area contributed by atoms with Crippen LogP contribution in [0.3, 0.4) is 0 Å². The third kappa shape index (κ3) is 1.91. The van der Waals surface area contributed by atoms with Crippen molar-refractivity contribution in [1.29, 1.82) is 0 Å². The minimum atomic E-state index is -0.804. The van der Waals surface area contributed by atoms with E-state index in [-0.39, 0.29) is 11.9 Å². The van der Waals surface area contributed by atoms with Crippen LogP contribution in [-0.2, 0) is 9.59 Å². The molecule has 2 aliphatic rings. The first-order valence-electron chi connectivity index (χ1n) is 5.78. The van der Waals surface area contributed by atoms with Gasteiger partial charge in [-0.1, -0.05) is 0 Å². The van der Waals surface area contributed by atoms with Crippen LogP contribution >= 0.6 is 0 Å². The molecule has 1 amide bonds. The number of amides is 1. The number of rotatable bonds is 2. The molecule has 0 aliphatic carbocycles. The van der Waals surface area contributed by atoms with E-state index in [9.17, 15) is 9.59 Å². The lowest BCUT2D eigenvalue weighted by atomic mass is 9.90. The molecule has 0 aromatic rings. The van der Waals surface area contributed by atoms with Gasteiger partial charge in [-0.3, -0.25) is 9.59 Å². The summed E-state index contributed by atoms with van der Waals surface area (Å²) in [5.74, 6) is -0.732. The smallest absolute Gasteiger partial charge is 0.311 e. The van der Waals surface area contributed by atoms with Crippen LogP contribution in [-0.4, -0.2) is 47.6 Å². The highest BCUT2D eigenvalue weighted by Gasteiger charge is 2.43. The molecule has 0 spiro atoms. The Kier molecular flexibility index (Phi) is 2.88. The summed E-state index contributed by atoms with van der Waals surface area (Å²) in [6, 6.07) is -0.0869. The van der Waals surface area contributed by atoms with Crippen molar-refractivity contribution in [3.05, 3.63) is 0 Å². The average molecular weight is 226 g/mol. The molecule has 2 unspecified atom stereocenters. The quantitative estimate of drug-likeness (QED) is 0.698.